The molecule has 43 heavy (non-hydrogen) atoms. The number of esters is 1. The van der Waals surface area contributed by atoms with Crippen molar-refractivity contribution >= 4 is 40.9 Å². The topological polar surface area (TPSA) is 164 Å². The number of thiazole rings is 1. The van der Waals surface area contributed by atoms with Crippen LogP contribution < -0.4 is 16.4 Å². The van der Waals surface area contributed by atoms with Gasteiger partial charge in [0.05, 0.1) is 11.0 Å². The highest BCUT2D eigenvalue weighted by Crippen LogP contribution is 2.18. The lowest BCUT2D eigenvalue weighted by atomic mass is 9.96. The second kappa shape index (κ2) is 18.6. The molecule has 1 saturated heterocycles. The van der Waals surface area contributed by atoms with Crippen LogP contribution in [-0.4, -0.2) is 89.9 Å². The summed E-state index contributed by atoms with van der Waals surface area (Å²) in [5.41, 5.74) is 5.56. The first-order valence-corrected chi connectivity index (χ1v) is 16.3. The van der Waals surface area contributed by atoms with Gasteiger partial charge in [0.15, 0.2) is 6.73 Å². The predicted molar refractivity (Wildman–Crippen MR) is 165 cm³/mol. The minimum absolute atomic E-state index is 0.120. The number of carbonyl (C=O) groups is 5. The van der Waals surface area contributed by atoms with E-state index < -0.39 is 11.9 Å². The van der Waals surface area contributed by atoms with Crippen molar-refractivity contribution < 1.29 is 28.7 Å². The van der Waals surface area contributed by atoms with Gasteiger partial charge in [0.1, 0.15) is 11.7 Å². The summed E-state index contributed by atoms with van der Waals surface area (Å²) in [6, 6.07) is -1.02. The molecule has 2 heterocycles. The van der Waals surface area contributed by atoms with Gasteiger partial charge in [-0.3, -0.25) is 28.9 Å². The summed E-state index contributed by atoms with van der Waals surface area (Å²) in [5, 5.41) is 8.19. The molecule has 4 N–H and O–H groups in total. The van der Waals surface area contributed by atoms with Gasteiger partial charge < -0.3 is 26.0 Å². The highest BCUT2D eigenvalue weighted by Gasteiger charge is 2.34. The third kappa shape index (κ3) is 11.9. The molecule has 1 aliphatic heterocycles. The number of hydrogen-bond donors (Lipinski definition) is 3. The van der Waals surface area contributed by atoms with Crippen molar-refractivity contribution in [2.45, 2.75) is 97.6 Å². The number of rotatable bonds is 18. The van der Waals surface area contributed by atoms with Crippen LogP contribution in [-0.2, 0) is 30.3 Å². The van der Waals surface area contributed by atoms with Gasteiger partial charge in [-0.25, -0.2) is 4.98 Å². The Kier molecular flexibility index (Phi) is 15.6. The number of carbonyl (C=O) groups excluding carboxylic acids is 5. The summed E-state index contributed by atoms with van der Waals surface area (Å²) >= 11 is 1.35. The van der Waals surface area contributed by atoms with E-state index in [1.807, 2.05) is 32.7 Å². The molecule has 1 aromatic heterocycles. The minimum atomic E-state index is -0.745. The predicted octanol–water partition coefficient (Wildman–Crippen LogP) is 2.46. The Morgan fingerprint density at radius 3 is 2.60 bits per heavy atom. The van der Waals surface area contributed by atoms with Crippen molar-refractivity contribution in [3.05, 3.63) is 16.1 Å². The molecule has 0 saturated carbocycles. The molecule has 1 aliphatic rings. The van der Waals surface area contributed by atoms with E-state index in [1.165, 1.54) is 16.2 Å². The lowest BCUT2D eigenvalue weighted by molar-refractivity contribution is -0.155. The first-order valence-electron chi connectivity index (χ1n) is 15.4. The lowest BCUT2D eigenvalue weighted by Crippen LogP contribution is -2.57. The molecule has 2 rings (SSSR count). The van der Waals surface area contributed by atoms with Crippen molar-refractivity contribution in [3.63, 3.8) is 0 Å². The first-order chi connectivity index (χ1) is 20.5. The lowest BCUT2D eigenvalue weighted by Gasteiger charge is -2.35. The Bertz CT molecular complexity index is 1080. The number of hydrogen-bond acceptors (Lipinski definition) is 9. The molecule has 1 aromatic rings. The maximum Gasteiger partial charge on any atom is 0.307 e. The number of aryl methyl sites for hydroxylation is 1. The number of nitrogens with two attached hydrogens (primary N) is 1. The van der Waals surface area contributed by atoms with Gasteiger partial charge in [0.25, 0.3) is 5.91 Å². The van der Waals surface area contributed by atoms with Crippen molar-refractivity contribution in [3.8, 4) is 0 Å². The van der Waals surface area contributed by atoms with Crippen molar-refractivity contribution in [1.29, 1.82) is 0 Å². The normalized spacial score (nSPS) is 17.4. The van der Waals surface area contributed by atoms with Gasteiger partial charge in [-0.2, -0.15) is 0 Å². The van der Waals surface area contributed by atoms with Crippen molar-refractivity contribution in [2.24, 2.45) is 17.6 Å². The molecule has 0 bridgehead atoms. The quantitative estimate of drug-likeness (QED) is 0.166. The van der Waals surface area contributed by atoms with Gasteiger partial charge in [0.2, 0.25) is 17.7 Å². The summed E-state index contributed by atoms with van der Waals surface area (Å²) in [6.45, 7) is 8.75. The number of piperidine rings is 1. The SMILES string of the molecule is CCCC(=O)OCN(CCCc1nc(C(=O)NCC[C@H](C)C(N)=O)cs1)C(=O)C(NC(=O)[C@H]1CCCCN1C)C(C)CC. The minimum Gasteiger partial charge on any atom is -0.444 e. The molecule has 0 radical (unpaired) electrons. The molecule has 242 valence electrons. The van der Waals surface area contributed by atoms with Crippen LogP contribution in [0.3, 0.4) is 0 Å². The summed E-state index contributed by atoms with van der Waals surface area (Å²) in [4.78, 5) is 70.8. The fraction of sp³-hybridized carbons (Fsp3) is 0.733. The molecular formula is C30H50N6O6S. The van der Waals surface area contributed by atoms with Crippen LogP contribution >= 0.6 is 11.3 Å². The number of nitrogens with one attached hydrogen (secondary N) is 2. The van der Waals surface area contributed by atoms with Crippen LogP contribution in [0.5, 0.6) is 0 Å². The van der Waals surface area contributed by atoms with E-state index in [1.54, 1.807) is 12.3 Å². The Labute approximate surface area is 259 Å². The summed E-state index contributed by atoms with van der Waals surface area (Å²) in [7, 11) is 1.93. The van der Waals surface area contributed by atoms with Crippen LogP contribution in [0.15, 0.2) is 5.38 Å². The summed E-state index contributed by atoms with van der Waals surface area (Å²) in [6.07, 6.45) is 5.83. The van der Waals surface area contributed by atoms with Gasteiger partial charge >= 0.3 is 5.97 Å². The largest absolute Gasteiger partial charge is 0.444 e. The van der Waals surface area contributed by atoms with E-state index >= 15 is 0 Å². The zero-order valence-corrected chi connectivity index (χ0v) is 27.2. The van der Waals surface area contributed by atoms with Gasteiger partial charge in [-0.05, 0) is 51.6 Å². The van der Waals surface area contributed by atoms with E-state index in [0.29, 0.717) is 44.3 Å². The van der Waals surface area contributed by atoms with E-state index in [9.17, 15) is 24.0 Å². The third-order valence-corrected chi connectivity index (χ3v) is 8.86. The molecule has 4 atom stereocenters. The van der Waals surface area contributed by atoms with Gasteiger partial charge in [-0.15, -0.1) is 11.3 Å². The number of likely N-dealkylation sites (tertiary alicyclic amines) is 1. The Morgan fingerprint density at radius 2 is 1.95 bits per heavy atom. The molecule has 1 fully saturated rings. The van der Waals surface area contributed by atoms with Crippen molar-refractivity contribution in [2.75, 3.05) is 33.4 Å². The second-order valence-corrected chi connectivity index (χ2v) is 12.4. The van der Waals surface area contributed by atoms with Gasteiger partial charge in [0, 0.05) is 37.2 Å². The number of amides is 4. The first kappa shape index (κ1) is 36.1. The third-order valence-electron chi connectivity index (χ3n) is 7.95. The Balaban J connectivity index is 2.05. The molecule has 12 nitrogen and oxygen atoms in total. The molecule has 2 unspecified atom stereocenters. The fourth-order valence-corrected chi connectivity index (χ4v) is 5.61. The second-order valence-electron chi connectivity index (χ2n) is 11.4. The van der Waals surface area contributed by atoms with Gasteiger partial charge in [-0.1, -0.05) is 40.5 Å². The maximum absolute atomic E-state index is 13.9. The van der Waals surface area contributed by atoms with Crippen molar-refractivity contribution in [1.82, 2.24) is 25.4 Å². The van der Waals surface area contributed by atoms with Crippen LogP contribution in [0.25, 0.3) is 0 Å². The zero-order valence-electron chi connectivity index (χ0n) is 26.4. The van der Waals surface area contributed by atoms with Crippen LogP contribution in [0.2, 0.25) is 0 Å². The smallest absolute Gasteiger partial charge is 0.307 e. The standard InChI is InChI=1S/C30H50N6O6S/c1-6-11-25(37)42-19-36(30(41)26(20(3)7-2)34-29(40)23-12-8-9-16-35(23)5)17-10-13-24-33-22(18-43-24)28(39)32-15-14-21(4)27(31)38/h18,20-21,23,26H,6-17,19H2,1-5H3,(H2,31,38)(H,32,39)(H,34,40)/t20?,21-,23+,26?/m0/s1. The van der Waals surface area contributed by atoms with E-state index in [-0.39, 0.29) is 61.3 Å². The zero-order chi connectivity index (χ0) is 31.9. The van der Waals surface area contributed by atoms with E-state index in [0.717, 1.165) is 30.8 Å². The molecule has 0 aromatic carbocycles. The van der Waals surface area contributed by atoms with E-state index in [2.05, 4.69) is 15.6 Å². The Hall–Kier alpha value is -3.06. The maximum atomic E-state index is 13.9. The summed E-state index contributed by atoms with van der Waals surface area (Å²) in [5.74, 6) is -2.00. The molecule has 0 aliphatic carbocycles. The fourth-order valence-electron chi connectivity index (χ4n) is 4.79. The molecule has 0 spiro atoms. The number of aromatic nitrogens is 1. The number of ether oxygens (including phenoxy) is 1. The molecule has 4 amide bonds. The molecular weight excluding hydrogens is 572 g/mol. The summed E-state index contributed by atoms with van der Waals surface area (Å²) < 4.78 is 5.43. The number of primary amides is 1. The van der Waals surface area contributed by atoms with E-state index in [4.69, 9.17) is 10.5 Å². The average molecular weight is 623 g/mol. The highest BCUT2D eigenvalue weighted by molar-refractivity contribution is 7.09. The highest BCUT2D eigenvalue weighted by atomic mass is 32.1. The van der Waals surface area contributed by atoms with Crippen LogP contribution in [0, 0.1) is 11.8 Å². The molecule has 13 heteroatoms. The van der Waals surface area contributed by atoms with Crippen LogP contribution in [0.1, 0.15) is 94.6 Å². The average Bonchev–Trinajstić information content (AvgIpc) is 3.46. The number of likely N-dealkylation sites (N-methyl/N-ethyl adjacent to an activating group) is 1. The van der Waals surface area contributed by atoms with Crippen LogP contribution in [0.4, 0.5) is 0 Å². The number of nitrogens with zero attached hydrogens (tertiary/aromatic N) is 3. The Morgan fingerprint density at radius 1 is 1.21 bits per heavy atom. The monoisotopic (exact) mass is 622 g/mol.